The van der Waals surface area contributed by atoms with E-state index in [4.69, 9.17) is 11.6 Å². The van der Waals surface area contributed by atoms with E-state index in [1.165, 1.54) is 26.2 Å². The summed E-state index contributed by atoms with van der Waals surface area (Å²) in [5, 5.41) is -0.0701. The van der Waals surface area contributed by atoms with Gasteiger partial charge in [-0.15, -0.1) is 0 Å². The van der Waals surface area contributed by atoms with Gasteiger partial charge in [-0.1, -0.05) is 11.6 Å². The second-order valence-electron chi connectivity index (χ2n) is 4.33. The molecule has 23 heavy (non-hydrogen) atoms. The Bertz CT molecular complexity index is 777. The number of carbonyl (C=O) groups is 1. The van der Waals surface area contributed by atoms with Crippen LogP contribution in [0.2, 0.25) is 5.02 Å². The summed E-state index contributed by atoms with van der Waals surface area (Å²) in [7, 11) is -6.24. The summed E-state index contributed by atoms with van der Waals surface area (Å²) in [5.41, 5.74) is 0.0314. The molecule has 1 aromatic rings. The van der Waals surface area contributed by atoms with Gasteiger partial charge in [0, 0.05) is 13.1 Å². The van der Waals surface area contributed by atoms with Crippen molar-refractivity contribution in [3.63, 3.8) is 0 Å². The molecule has 8 nitrogen and oxygen atoms in total. The molecule has 0 saturated heterocycles. The number of benzene rings is 1. The van der Waals surface area contributed by atoms with Crippen LogP contribution in [-0.4, -0.2) is 48.8 Å². The molecule has 11 heteroatoms. The lowest BCUT2D eigenvalue weighted by Gasteiger charge is -2.10. The van der Waals surface area contributed by atoms with Crippen LogP contribution in [0, 0.1) is 0 Å². The highest BCUT2D eigenvalue weighted by Gasteiger charge is 2.20. The van der Waals surface area contributed by atoms with Gasteiger partial charge in [0.05, 0.1) is 23.4 Å². The fourth-order valence-electron chi connectivity index (χ4n) is 1.53. The van der Waals surface area contributed by atoms with E-state index in [0.717, 1.165) is 6.07 Å². The molecule has 0 heterocycles. The standard InChI is InChI=1S/C12H17ClN2O6S2/c1-3-22(17,18)14-6-7-15-23(19,20)11-8-9(12(16)21-2)4-5-10(11)13/h4-5,8,14-15H,3,6-7H2,1-2H3. The summed E-state index contributed by atoms with van der Waals surface area (Å²) >= 11 is 5.85. The third-order valence-electron chi connectivity index (χ3n) is 2.76. The molecule has 130 valence electrons. The maximum absolute atomic E-state index is 12.2. The van der Waals surface area contributed by atoms with E-state index >= 15 is 0 Å². The maximum Gasteiger partial charge on any atom is 0.337 e. The Morgan fingerprint density at radius 2 is 1.78 bits per heavy atom. The van der Waals surface area contributed by atoms with Gasteiger partial charge in [-0.05, 0) is 25.1 Å². The van der Waals surface area contributed by atoms with Crippen LogP contribution in [0.1, 0.15) is 17.3 Å². The Labute approximate surface area is 140 Å². The van der Waals surface area contributed by atoms with Crippen LogP contribution in [-0.2, 0) is 24.8 Å². The summed E-state index contributed by atoms with van der Waals surface area (Å²) in [6.07, 6.45) is 0. The van der Waals surface area contributed by atoms with Crippen molar-refractivity contribution in [3.05, 3.63) is 28.8 Å². The van der Waals surface area contributed by atoms with Gasteiger partial charge in [-0.3, -0.25) is 0 Å². The van der Waals surface area contributed by atoms with Crippen LogP contribution >= 0.6 is 11.6 Å². The Kier molecular flexibility index (Phi) is 6.96. The number of rotatable bonds is 8. The molecule has 1 rings (SSSR count). The van der Waals surface area contributed by atoms with E-state index in [9.17, 15) is 21.6 Å². The van der Waals surface area contributed by atoms with E-state index in [0.29, 0.717) is 0 Å². The SMILES string of the molecule is CCS(=O)(=O)NCCNS(=O)(=O)c1cc(C(=O)OC)ccc1Cl. The highest BCUT2D eigenvalue weighted by Crippen LogP contribution is 2.22. The number of hydrogen-bond donors (Lipinski definition) is 2. The molecule has 0 spiro atoms. The van der Waals surface area contributed by atoms with E-state index in [2.05, 4.69) is 14.2 Å². The van der Waals surface area contributed by atoms with E-state index in [1.807, 2.05) is 0 Å². The smallest absolute Gasteiger partial charge is 0.337 e. The number of esters is 1. The number of methoxy groups -OCH3 is 1. The van der Waals surface area contributed by atoms with Gasteiger partial charge in [-0.25, -0.2) is 31.1 Å². The summed E-state index contributed by atoms with van der Waals surface area (Å²) in [6, 6.07) is 3.69. The average molecular weight is 385 g/mol. The number of ether oxygens (including phenoxy) is 1. The first-order chi connectivity index (χ1) is 10.6. The highest BCUT2D eigenvalue weighted by atomic mass is 35.5. The average Bonchev–Trinajstić information content (AvgIpc) is 2.51. The van der Waals surface area contributed by atoms with Crippen LogP contribution in [0.15, 0.2) is 23.1 Å². The largest absolute Gasteiger partial charge is 0.465 e. The Morgan fingerprint density at radius 1 is 1.17 bits per heavy atom. The monoisotopic (exact) mass is 384 g/mol. The molecule has 0 aliphatic heterocycles. The van der Waals surface area contributed by atoms with Gasteiger partial charge >= 0.3 is 5.97 Å². The lowest BCUT2D eigenvalue weighted by atomic mass is 10.2. The normalized spacial score (nSPS) is 12.1. The number of carbonyl (C=O) groups excluding carboxylic acids is 1. The van der Waals surface area contributed by atoms with Gasteiger partial charge in [0.1, 0.15) is 4.90 Å². The van der Waals surface area contributed by atoms with Crippen LogP contribution in [0.5, 0.6) is 0 Å². The molecule has 2 N–H and O–H groups in total. The highest BCUT2D eigenvalue weighted by molar-refractivity contribution is 7.89. The molecule has 0 atom stereocenters. The van der Waals surface area contributed by atoms with Crippen molar-refractivity contribution in [2.24, 2.45) is 0 Å². The molecular formula is C12H17ClN2O6S2. The molecule has 0 radical (unpaired) electrons. The second-order valence-corrected chi connectivity index (χ2v) is 8.57. The zero-order chi connectivity index (χ0) is 17.7. The van der Waals surface area contributed by atoms with Crippen molar-refractivity contribution in [2.75, 3.05) is 26.0 Å². The molecule has 0 bridgehead atoms. The van der Waals surface area contributed by atoms with Crippen molar-refractivity contribution in [2.45, 2.75) is 11.8 Å². The molecule has 0 fully saturated rings. The molecule has 0 unspecified atom stereocenters. The van der Waals surface area contributed by atoms with Gasteiger partial charge in [-0.2, -0.15) is 0 Å². The summed E-state index contributed by atoms with van der Waals surface area (Å²) in [4.78, 5) is 11.2. The predicted octanol–water partition coefficient (Wildman–Crippen LogP) is 0.344. The summed E-state index contributed by atoms with van der Waals surface area (Å²) in [6.45, 7) is 1.19. The van der Waals surface area contributed by atoms with Crippen molar-refractivity contribution in [1.29, 1.82) is 0 Å². The van der Waals surface area contributed by atoms with Gasteiger partial charge in [0.2, 0.25) is 20.0 Å². The van der Waals surface area contributed by atoms with Crippen LogP contribution in [0.25, 0.3) is 0 Å². The van der Waals surface area contributed by atoms with Crippen LogP contribution in [0.3, 0.4) is 0 Å². The molecular weight excluding hydrogens is 368 g/mol. The Morgan fingerprint density at radius 3 is 2.35 bits per heavy atom. The minimum absolute atomic E-state index is 0.0314. The molecule has 0 aliphatic carbocycles. The summed E-state index contributed by atoms with van der Waals surface area (Å²) < 4.78 is 55.8. The predicted molar refractivity (Wildman–Crippen MR) is 85.4 cm³/mol. The first-order valence-corrected chi connectivity index (χ1v) is 9.99. The number of halogens is 1. The lowest BCUT2D eigenvalue weighted by molar-refractivity contribution is 0.0600. The van der Waals surface area contributed by atoms with Crippen molar-refractivity contribution < 1.29 is 26.4 Å². The minimum Gasteiger partial charge on any atom is -0.465 e. The van der Waals surface area contributed by atoms with Gasteiger partial charge < -0.3 is 4.74 Å². The molecule has 1 aromatic carbocycles. The second kappa shape index (κ2) is 8.06. The van der Waals surface area contributed by atoms with E-state index < -0.39 is 26.0 Å². The molecule has 0 aliphatic rings. The number of hydrogen-bond acceptors (Lipinski definition) is 6. The number of sulfonamides is 2. The Hall–Kier alpha value is -1.20. The van der Waals surface area contributed by atoms with E-state index in [-0.39, 0.29) is 34.3 Å². The zero-order valence-corrected chi connectivity index (χ0v) is 14.9. The first-order valence-electron chi connectivity index (χ1n) is 6.48. The molecule has 0 saturated carbocycles. The quantitative estimate of drug-likeness (QED) is 0.493. The van der Waals surface area contributed by atoms with Crippen molar-refractivity contribution >= 4 is 37.6 Å². The first kappa shape index (κ1) is 19.8. The van der Waals surface area contributed by atoms with Gasteiger partial charge in [0.25, 0.3) is 0 Å². The fraction of sp³-hybridized carbons (Fsp3) is 0.417. The third kappa shape index (κ3) is 5.74. The molecule has 0 aromatic heterocycles. The third-order valence-corrected chi connectivity index (χ3v) is 6.11. The zero-order valence-electron chi connectivity index (χ0n) is 12.5. The van der Waals surface area contributed by atoms with Crippen LogP contribution in [0.4, 0.5) is 0 Å². The molecule has 0 amide bonds. The van der Waals surface area contributed by atoms with Crippen molar-refractivity contribution in [3.8, 4) is 0 Å². The van der Waals surface area contributed by atoms with Crippen LogP contribution < -0.4 is 9.44 Å². The minimum atomic E-state index is -4.00. The fourth-order valence-corrected chi connectivity index (χ4v) is 3.70. The number of nitrogens with one attached hydrogen (secondary N) is 2. The summed E-state index contributed by atoms with van der Waals surface area (Å²) in [5.74, 6) is -0.805. The topological polar surface area (TPSA) is 119 Å². The lowest BCUT2D eigenvalue weighted by Crippen LogP contribution is -2.35. The van der Waals surface area contributed by atoms with E-state index in [1.54, 1.807) is 0 Å². The van der Waals surface area contributed by atoms with Crippen molar-refractivity contribution in [1.82, 2.24) is 9.44 Å². The maximum atomic E-state index is 12.2. The van der Waals surface area contributed by atoms with Gasteiger partial charge in [0.15, 0.2) is 0 Å². The Balaban J connectivity index is 2.86.